The number of nitrogens with zero attached hydrogens (tertiary/aromatic N) is 2. The maximum absolute atomic E-state index is 12.4. The first-order valence-corrected chi connectivity index (χ1v) is 7.56. The lowest BCUT2D eigenvalue weighted by Gasteiger charge is -2.03. The van der Waals surface area contributed by atoms with E-state index in [0.29, 0.717) is 10.6 Å². The zero-order valence-corrected chi connectivity index (χ0v) is 12.5. The average molecular weight is 315 g/mol. The first-order valence-electron chi connectivity index (χ1n) is 6.30. The van der Waals surface area contributed by atoms with Gasteiger partial charge in [0.15, 0.2) is 0 Å². The van der Waals surface area contributed by atoms with Crippen LogP contribution in [-0.2, 0) is 0 Å². The van der Waals surface area contributed by atoms with Gasteiger partial charge in [0.05, 0.1) is 11.9 Å². The van der Waals surface area contributed by atoms with Crippen LogP contribution in [0.4, 0.5) is 0 Å². The van der Waals surface area contributed by atoms with Gasteiger partial charge in [0.25, 0.3) is 5.91 Å². The minimum Gasteiger partial charge on any atom is -0.267 e. The van der Waals surface area contributed by atoms with Crippen LogP contribution in [0.1, 0.15) is 20.9 Å². The van der Waals surface area contributed by atoms with Gasteiger partial charge in [0.1, 0.15) is 0 Å². The molecule has 0 saturated carbocycles. The van der Waals surface area contributed by atoms with E-state index in [-0.39, 0.29) is 5.91 Å². The van der Waals surface area contributed by atoms with Crippen molar-refractivity contribution in [3.8, 4) is 0 Å². The molecular weight excluding hydrogens is 304 g/mol. The summed E-state index contributed by atoms with van der Waals surface area (Å²) in [5.41, 5.74) is 1.29. The summed E-state index contributed by atoms with van der Waals surface area (Å²) in [6.07, 6.45) is 5.46. The number of carbonyl (C=O) groups is 1. The Hall–Kier alpha value is -2.17. The van der Waals surface area contributed by atoms with Crippen LogP contribution in [0.15, 0.2) is 54.0 Å². The second kappa shape index (κ2) is 6.08. The fourth-order valence-electron chi connectivity index (χ4n) is 1.88. The number of rotatable bonds is 3. The number of benzene rings is 1. The number of hydrogen-bond acceptors (Lipinski definition) is 3. The van der Waals surface area contributed by atoms with Crippen molar-refractivity contribution >= 4 is 41.0 Å². The Morgan fingerprint density at radius 1 is 1.14 bits per heavy atom. The quantitative estimate of drug-likeness (QED) is 0.715. The molecule has 2 heterocycles. The van der Waals surface area contributed by atoms with Crippen molar-refractivity contribution in [2.45, 2.75) is 0 Å². The number of aromatic nitrogens is 2. The van der Waals surface area contributed by atoms with Gasteiger partial charge in [-0.15, -0.1) is 11.3 Å². The fourth-order valence-corrected chi connectivity index (χ4v) is 2.62. The SMILES string of the molecule is O=C(c1ccc(Cl)cc1)n1nccc1/C=C/c1cccs1. The van der Waals surface area contributed by atoms with Crippen LogP contribution < -0.4 is 0 Å². The summed E-state index contributed by atoms with van der Waals surface area (Å²) < 4.78 is 1.38. The van der Waals surface area contributed by atoms with Crippen LogP contribution in [0.25, 0.3) is 12.2 Å². The van der Waals surface area contributed by atoms with Crippen LogP contribution in [0.3, 0.4) is 0 Å². The zero-order chi connectivity index (χ0) is 14.7. The van der Waals surface area contributed by atoms with Gasteiger partial charge >= 0.3 is 0 Å². The van der Waals surface area contributed by atoms with Gasteiger partial charge < -0.3 is 0 Å². The lowest BCUT2D eigenvalue weighted by atomic mass is 10.2. The molecular formula is C16H11ClN2OS. The van der Waals surface area contributed by atoms with Gasteiger partial charge in [0, 0.05) is 15.5 Å². The molecule has 0 unspecified atom stereocenters. The second-order valence-corrected chi connectivity index (χ2v) is 5.74. The minimum atomic E-state index is -0.178. The summed E-state index contributed by atoms with van der Waals surface area (Å²) in [5, 5.41) is 6.71. The predicted octanol–water partition coefficient (Wildman–Crippen LogP) is 4.46. The molecule has 0 aliphatic carbocycles. The average Bonchev–Trinajstić information content (AvgIpc) is 3.16. The van der Waals surface area contributed by atoms with E-state index in [1.807, 2.05) is 29.7 Å². The number of thiophene rings is 1. The van der Waals surface area contributed by atoms with E-state index in [0.717, 1.165) is 10.6 Å². The Balaban J connectivity index is 1.88. The Labute approximate surface area is 131 Å². The first-order chi connectivity index (χ1) is 10.2. The molecule has 3 nitrogen and oxygen atoms in total. The molecule has 0 atom stereocenters. The van der Waals surface area contributed by atoms with Crippen LogP contribution in [0, 0.1) is 0 Å². The molecule has 0 aliphatic heterocycles. The molecule has 0 N–H and O–H groups in total. The van der Waals surface area contributed by atoms with Crippen molar-refractivity contribution < 1.29 is 4.79 Å². The predicted molar refractivity (Wildman–Crippen MR) is 86.7 cm³/mol. The highest BCUT2D eigenvalue weighted by molar-refractivity contribution is 7.10. The maximum atomic E-state index is 12.4. The molecule has 104 valence electrons. The summed E-state index contributed by atoms with van der Waals surface area (Å²) in [6, 6.07) is 12.6. The third-order valence-corrected chi connectivity index (χ3v) is 4.01. The molecule has 0 fully saturated rings. The maximum Gasteiger partial charge on any atom is 0.278 e. The first kappa shape index (κ1) is 13.8. The summed E-state index contributed by atoms with van der Waals surface area (Å²) in [5.74, 6) is -0.178. The molecule has 0 spiro atoms. The standard InChI is InChI=1S/C16H11ClN2OS/c17-13-5-3-12(4-6-13)16(20)19-14(9-10-18-19)7-8-15-2-1-11-21-15/h1-11H/b8-7+. The van der Waals surface area contributed by atoms with Crippen molar-refractivity contribution in [2.24, 2.45) is 0 Å². The van der Waals surface area contributed by atoms with Gasteiger partial charge in [-0.3, -0.25) is 4.79 Å². The van der Waals surface area contributed by atoms with E-state index in [9.17, 15) is 4.79 Å². The molecule has 3 rings (SSSR count). The van der Waals surface area contributed by atoms with E-state index in [4.69, 9.17) is 11.6 Å². The van der Waals surface area contributed by atoms with Crippen LogP contribution >= 0.6 is 22.9 Å². The Bertz CT molecular complexity index is 773. The molecule has 0 bridgehead atoms. The van der Waals surface area contributed by atoms with Crippen LogP contribution in [-0.4, -0.2) is 15.7 Å². The largest absolute Gasteiger partial charge is 0.278 e. The lowest BCUT2D eigenvalue weighted by molar-refractivity contribution is 0.0944. The monoisotopic (exact) mass is 314 g/mol. The Kier molecular flexibility index (Phi) is 3.99. The van der Waals surface area contributed by atoms with Gasteiger partial charge in [-0.05, 0) is 53.9 Å². The third-order valence-electron chi connectivity index (χ3n) is 2.92. The molecule has 0 aliphatic rings. The Morgan fingerprint density at radius 3 is 2.67 bits per heavy atom. The van der Waals surface area contributed by atoms with Gasteiger partial charge in [-0.2, -0.15) is 9.78 Å². The molecule has 0 radical (unpaired) electrons. The number of halogens is 1. The van der Waals surface area contributed by atoms with Gasteiger partial charge in [0.2, 0.25) is 0 Å². The Morgan fingerprint density at radius 2 is 1.95 bits per heavy atom. The summed E-state index contributed by atoms with van der Waals surface area (Å²) in [6.45, 7) is 0. The smallest absolute Gasteiger partial charge is 0.267 e. The van der Waals surface area contributed by atoms with E-state index >= 15 is 0 Å². The van der Waals surface area contributed by atoms with Crippen molar-refractivity contribution in [1.29, 1.82) is 0 Å². The number of hydrogen-bond donors (Lipinski definition) is 0. The van der Waals surface area contributed by atoms with Crippen LogP contribution in [0.2, 0.25) is 5.02 Å². The lowest BCUT2D eigenvalue weighted by Crippen LogP contribution is -2.14. The number of carbonyl (C=O) groups excluding carboxylic acids is 1. The molecule has 0 amide bonds. The van der Waals surface area contributed by atoms with E-state index in [2.05, 4.69) is 5.10 Å². The van der Waals surface area contributed by atoms with Crippen molar-refractivity contribution in [3.63, 3.8) is 0 Å². The molecule has 5 heteroatoms. The molecule has 3 aromatic rings. The third kappa shape index (κ3) is 3.12. The topological polar surface area (TPSA) is 34.9 Å². The summed E-state index contributed by atoms with van der Waals surface area (Å²) >= 11 is 7.48. The van der Waals surface area contributed by atoms with Gasteiger partial charge in [-0.25, -0.2) is 0 Å². The fraction of sp³-hybridized carbons (Fsp3) is 0. The van der Waals surface area contributed by atoms with E-state index < -0.39 is 0 Å². The van der Waals surface area contributed by atoms with Crippen LogP contribution in [0.5, 0.6) is 0 Å². The van der Waals surface area contributed by atoms with Crippen molar-refractivity contribution in [2.75, 3.05) is 0 Å². The minimum absolute atomic E-state index is 0.178. The van der Waals surface area contributed by atoms with Gasteiger partial charge in [-0.1, -0.05) is 17.7 Å². The zero-order valence-electron chi connectivity index (χ0n) is 10.9. The highest BCUT2D eigenvalue weighted by atomic mass is 35.5. The van der Waals surface area contributed by atoms with Crippen molar-refractivity contribution in [3.05, 3.63) is 75.2 Å². The van der Waals surface area contributed by atoms with E-state index in [1.165, 1.54) is 4.68 Å². The second-order valence-electron chi connectivity index (χ2n) is 4.33. The molecule has 2 aromatic heterocycles. The summed E-state index contributed by atoms with van der Waals surface area (Å²) in [4.78, 5) is 13.6. The highest BCUT2D eigenvalue weighted by Crippen LogP contribution is 2.15. The van der Waals surface area contributed by atoms with E-state index in [1.54, 1.807) is 47.9 Å². The summed E-state index contributed by atoms with van der Waals surface area (Å²) in [7, 11) is 0. The normalized spacial score (nSPS) is 11.1. The van der Waals surface area contributed by atoms with Crippen molar-refractivity contribution in [1.82, 2.24) is 9.78 Å². The molecule has 0 saturated heterocycles. The molecule has 1 aromatic carbocycles. The highest BCUT2D eigenvalue weighted by Gasteiger charge is 2.11. The molecule has 21 heavy (non-hydrogen) atoms.